The number of nitrogens with zero attached hydrogens (tertiary/aromatic N) is 2. The van der Waals surface area contributed by atoms with Crippen LogP contribution in [-0.4, -0.2) is 49.1 Å². The van der Waals surface area contributed by atoms with Crippen LogP contribution < -0.4 is 0 Å². The summed E-state index contributed by atoms with van der Waals surface area (Å²) >= 11 is 0. The molecule has 0 aromatic heterocycles. The number of hydrogen-bond donors (Lipinski definition) is 0. The largest absolute Gasteiger partial charge is 0.306 e. The van der Waals surface area contributed by atoms with Crippen molar-refractivity contribution in [3.05, 3.63) is 0 Å². The van der Waals surface area contributed by atoms with Crippen molar-refractivity contribution in [3.63, 3.8) is 0 Å². The Morgan fingerprint density at radius 2 is 1.94 bits per heavy atom. The Balaban J connectivity index is 1.76. The summed E-state index contributed by atoms with van der Waals surface area (Å²) in [4.78, 5) is 5.39. The van der Waals surface area contributed by atoms with Crippen molar-refractivity contribution in [2.45, 2.75) is 39.2 Å². The van der Waals surface area contributed by atoms with Gasteiger partial charge in [0.2, 0.25) is 0 Å². The van der Waals surface area contributed by atoms with Crippen LogP contribution in [0.15, 0.2) is 0 Å². The van der Waals surface area contributed by atoms with Gasteiger partial charge in [0.05, 0.1) is 0 Å². The molecule has 2 heteroatoms. The first-order valence-electron chi connectivity index (χ1n) is 6.96. The normalized spacial score (nSPS) is 44.1. The molecule has 3 saturated heterocycles. The van der Waals surface area contributed by atoms with E-state index < -0.39 is 0 Å². The molecule has 0 spiro atoms. The first-order chi connectivity index (χ1) is 7.53. The summed E-state index contributed by atoms with van der Waals surface area (Å²) < 4.78 is 0. The van der Waals surface area contributed by atoms with Crippen molar-refractivity contribution >= 4 is 0 Å². The fourth-order valence-electron chi connectivity index (χ4n) is 4.44. The standard InChI is InChI=1S/C14H26N2/c1-14(2)5-4-13-12-6-11(7-15(3)9-12)8-16(13)10-14/h11-13H,4-10H2,1-3H3/t11-,12+,13-/m0/s1. The van der Waals surface area contributed by atoms with Crippen LogP contribution >= 0.6 is 0 Å². The zero-order chi connectivity index (χ0) is 11.3. The molecule has 2 bridgehead atoms. The molecular formula is C14H26N2. The van der Waals surface area contributed by atoms with Gasteiger partial charge in [0.15, 0.2) is 0 Å². The monoisotopic (exact) mass is 222 g/mol. The summed E-state index contributed by atoms with van der Waals surface area (Å²) in [5.74, 6) is 1.92. The molecule has 0 aliphatic carbocycles. The van der Waals surface area contributed by atoms with Crippen LogP contribution in [0.1, 0.15) is 33.1 Å². The quantitative estimate of drug-likeness (QED) is 0.619. The van der Waals surface area contributed by atoms with Crippen molar-refractivity contribution in [1.82, 2.24) is 9.80 Å². The van der Waals surface area contributed by atoms with E-state index >= 15 is 0 Å². The summed E-state index contributed by atoms with van der Waals surface area (Å²) in [6.45, 7) is 10.3. The van der Waals surface area contributed by atoms with Crippen LogP contribution in [0.4, 0.5) is 0 Å². The topological polar surface area (TPSA) is 6.48 Å². The number of fused-ring (bicyclic) bond motifs is 4. The molecule has 3 aliphatic heterocycles. The van der Waals surface area contributed by atoms with Gasteiger partial charge in [-0.05, 0) is 43.6 Å². The maximum atomic E-state index is 2.83. The van der Waals surface area contributed by atoms with Crippen LogP contribution in [0.3, 0.4) is 0 Å². The zero-order valence-corrected chi connectivity index (χ0v) is 11.1. The second-order valence-corrected chi connectivity index (χ2v) is 7.28. The maximum Gasteiger partial charge on any atom is 0.0136 e. The van der Waals surface area contributed by atoms with Gasteiger partial charge in [-0.3, -0.25) is 4.90 Å². The van der Waals surface area contributed by atoms with Crippen molar-refractivity contribution in [2.24, 2.45) is 17.3 Å². The van der Waals surface area contributed by atoms with Gasteiger partial charge >= 0.3 is 0 Å². The SMILES string of the molecule is CN1C[C@@H]2C[C@H](C1)[C@@H]1CCC(C)(C)CN1C2. The highest BCUT2D eigenvalue weighted by Crippen LogP contribution is 2.41. The van der Waals surface area contributed by atoms with Crippen molar-refractivity contribution in [3.8, 4) is 0 Å². The van der Waals surface area contributed by atoms with Gasteiger partial charge in [0.25, 0.3) is 0 Å². The lowest BCUT2D eigenvalue weighted by atomic mass is 9.71. The van der Waals surface area contributed by atoms with E-state index in [-0.39, 0.29) is 0 Å². The van der Waals surface area contributed by atoms with E-state index in [1.165, 1.54) is 45.4 Å². The van der Waals surface area contributed by atoms with Gasteiger partial charge in [0, 0.05) is 32.2 Å². The minimum atomic E-state index is 0.564. The highest BCUT2D eigenvalue weighted by molar-refractivity contribution is 4.98. The van der Waals surface area contributed by atoms with E-state index in [0.717, 1.165) is 17.9 Å². The Morgan fingerprint density at radius 3 is 2.75 bits per heavy atom. The van der Waals surface area contributed by atoms with E-state index in [4.69, 9.17) is 0 Å². The molecule has 0 N–H and O–H groups in total. The predicted molar refractivity (Wildman–Crippen MR) is 67.5 cm³/mol. The third kappa shape index (κ3) is 1.91. The van der Waals surface area contributed by atoms with Crippen LogP contribution in [0.2, 0.25) is 0 Å². The second-order valence-electron chi connectivity index (χ2n) is 7.28. The molecule has 0 radical (unpaired) electrons. The Kier molecular flexibility index (Phi) is 2.56. The average molecular weight is 222 g/mol. The van der Waals surface area contributed by atoms with Crippen molar-refractivity contribution < 1.29 is 0 Å². The molecule has 3 atom stereocenters. The first-order valence-corrected chi connectivity index (χ1v) is 6.96. The van der Waals surface area contributed by atoms with Gasteiger partial charge in [-0.2, -0.15) is 0 Å². The van der Waals surface area contributed by atoms with Crippen LogP contribution in [0.5, 0.6) is 0 Å². The van der Waals surface area contributed by atoms with Crippen molar-refractivity contribution in [2.75, 3.05) is 33.2 Å². The van der Waals surface area contributed by atoms with E-state index in [2.05, 4.69) is 30.7 Å². The molecule has 0 amide bonds. The van der Waals surface area contributed by atoms with Crippen LogP contribution in [0, 0.1) is 17.3 Å². The molecule has 3 aliphatic rings. The first kappa shape index (κ1) is 11.0. The maximum absolute atomic E-state index is 2.83. The lowest BCUT2D eigenvalue weighted by Gasteiger charge is -2.55. The van der Waals surface area contributed by atoms with Gasteiger partial charge in [0.1, 0.15) is 0 Å². The molecule has 0 aromatic rings. The molecule has 2 nitrogen and oxygen atoms in total. The third-order valence-corrected chi connectivity index (χ3v) is 5.01. The smallest absolute Gasteiger partial charge is 0.0136 e. The molecule has 0 unspecified atom stereocenters. The van der Waals surface area contributed by atoms with E-state index in [9.17, 15) is 0 Å². The molecule has 16 heavy (non-hydrogen) atoms. The summed E-state index contributed by atoms with van der Waals surface area (Å²) in [5.41, 5.74) is 0.564. The van der Waals surface area contributed by atoms with Gasteiger partial charge in [-0.1, -0.05) is 13.8 Å². The fourth-order valence-corrected chi connectivity index (χ4v) is 4.44. The van der Waals surface area contributed by atoms with Gasteiger partial charge in [-0.25, -0.2) is 0 Å². The zero-order valence-electron chi connectivity index (χ0n) is 11.1. The van der Waals surface area contributed by atoms with E-state index in [0.29, 0.717) is 5.41 Å². The Labute approximate surface area is 100.0 Å². The minimum absolute atomic E-state index is 0.564. The fraction of sp³-hybridized carbons (Fsp3) is 1.00. The average Bonchev–Trinajstić information content (AvgIpc) is 2.14. The number of hydrogen-bond acceptors (Lipinski definition) is 2. The molecule has 0 saturated carbocycles. The highest BCUT2D eigenvalue weighted by atomic mass is 15.2. The lowest BCUT2D eigenvalue weighted by molar-refractivity contribution is -0.0530. The molecule has 0 aromatic carbocycles. The van der Waals surface area contributed by atoms with Gasteiger partial charge in [-0.15, -0.1) is 0 Å². The van der Waals surface area contributed by atoms with Crippen molar-refractivity contribution in [1.29, 1.82) is 0 Å². The molecule has 3 rings (SSSR count). The summed E-state index contributed by atoms with van der Waals surface area (Å²) in [7, 11) is 2.31. The Morgan fingerprint density at radius 1 is 1.12 bits per heavy atom. The summed E-state index contributed by atoms with van der Waals surface area (Å²) in [6, 6.07) is 0.909. The molecular weight excluding hydrogens is 196 g/mol. The molecule has 92 valence electrons. The van der Waals surface area contributed by atoms with E-state index in [1.807, 2.05) is 0 Å². The molecule has 3 heterocycles. The Bertz CT molecular complexity index is 272. The Hall–Kier alpha value is -0.0800. The van der Waals surface area contributed by atoms with Gasteiger partial charge < -0.3 is 4.90 Å². The summed E-state index contributed by atoms with van der Waals surface area (Å²) in [6.07, 6.45) is 4.38. The third-order valence-electron chi connectivity index (χ3n) is 5.01. The lowest BCUT2D eigenvalue weighted by Crippen LogP contribution is -2.60. The summed E-state index contributed by atoms with van der Waals surface area (Å²) in [5, 5.41) is 0. The van der Waals surface area contributed by atoms with Crippen LogP contribution in [0.25, 0.3) is 0 Å². The predicted octanol–water partition coefficient (Wildman–Crippen LogP) is 2.06. The minimum Gasteiger partial charge on any atom is -0.306 e. The highest BCUT2D eigenvalue weighted by Gasteiger charge is 2.44. The number of piperidine rings is 3. The number of likely N-dealkylation sites (tertiary alicyclic amines) is 1. The van der Waals surface area contributed by atoms with E-state index in [1.54, 1.807) is 0 Å². The molecule has 3 fully saturated rings. The second kappa shape index (κ2) is 3.71. The number of rotatable bonds is 0. The van der Waals surface area contributed by atoms with Crippen LogP contribution in [-0.2, 0) is 0 Å².